The number of aromatic nitrogens is 1. The van der Waals surface area contributed by atoms with E-state index in [2.05, 4.69) is 9.69 Å². The number of carboxylic acids is 1. The first kappa shape index (κ1) is 13.7. The number of carbonyl (C=O) groups is 2. The van der Waals surface area contributed by atoms with Crippen LogP contribution in [0.1, 0.15) is 27.0 Å². The summed E-state index contributed by atoms with van der Waals surface area (Å²) in [4.78, 5) is 23.7. The van der Waals surface area contributed by atoms with Crippen LogP contribution < -0.4 is 11.1 Å². The van der Waals surface area contributed by atoms with Crippen LogP contribution in [0.5, 0.6) is 0 Å². The maximum absolute atomic E-state index is 12.0. The molecule has 0 aliphatic heterocycles. The average Bonchev–Trinajstić information content (AvgIpc) is 2.97. The van der Waals surface area contributed by atoms with Gasteiger partial charge in [-0.05, 0) is 29.9 Å². The lowest BCUT2D eigenvalue weighted by Crippen LogP contribution is -2.27. The molecule has 0 aliphatic rings. The maximum Gasteiger partial charge on any atom is 0.340 e. The first-order valence-electron chi connectivity index (χ1n) is 5.30. The summed E-state index contributed by atoms with van der Waals surface area (Å²) in [5.41, 5.74) is 6.18. The summed E-state index contributed by atoms with van der Waals surface area (Å²) < 4.78 is 3.92. The van der Waals surface area contributed by atoms with Gasteiger partial charge >= 0.3 is 5.97 Å². The van der Waals surface area contributed by atoms with Crippen LogP contribution in [0.2, 0.25) is 0 Å². The lowest BCUT2D eigenvalue weighted by atomic mass is 10.2. The number of nitrogens with two attached hydrogens (primary N) is 1. The largest absolute Gasteiger partial charge is 0.478 e. The van der Waals surface area contributed by atoms with Gasteiger partial charge in [-0.2, -0.15) is 4.37 Å². The van der Waals surface area contributed by atoms with Gasteiger partial charge in [0.1, 0.15) is 16.6 Å². The van der Waals surface area contributed by atoms with Crippen molar-refractivity contribution in [2.45, 2.75) is 13.0 Å². The zero-order chi connectivity index (χ0) is 14.0. The average molecular weight is 297 g/mol. The SMILES string of the molecule is Cc1nsc(NC(=O)C(N)c2cccs2)c1C(=O)O. The van der Waals surface area contributed by atoms with Crippen molar-refractivity contribution in [1.82, 2.24) is 4.37 Å². The normalized spacial score (nSPS) is 12.1. The number of carboxylic acid groups (broad SMARTS) is 1. The predicted molar refractivity (Wildman–Crippen MR) is 73.7 cm³/mol. The Morgan fingerprint density at radius 2 is 2.26 bits per heavy atom. The fourth-order valence-corrected chi connectivity index (χ4v) is 3.01. The van der Waals surface area contributed by atoms with E-state index in [1.54, 1.807) is 19.1 Å². The Hall–Kier alpha value is -1.77. The minimum absolute atomic E-state index is 0.0109. The number of hydrogen-bond acceptors (Lipinski definition) is 6. The zero-order valence-corrected chi connectivity index (χ0v) is 11.5. The molecule has 0 bridgehead atoms. The number of thiophene rings is 1. The van der Waals surface area contributed by atoms with Crippen molar-refractivity contribution in [3.63, 3.8) is 0 Å². The highest BCUT2D eigenvalue weighted by molar-refractivity contribution is 7.11. The van der Waals surface area contributed by atoms with Gasteiger partial charge in [0.2, 0.25) is 5.91 Å². The van der Waals surface area contributed by atoms with Gasteiger partial charge < -0.3 is 16.2 Å². The molecule has 1 unspecified atom stereocenters. The van der Waals surface area contributed by atoms with E-state index in [9.17, 15) is 9.59 Å². The molecule has 0 saturated heterocycles. The Balaban J connectivity index is 2.18. The fourth-order valence-electron chi connectivity index (χ4n) is 1.49. The fraction of sp³-hybridized carbons (Fsp3) is 0.182. The summed E-state index contributed by atoms with van der Waals surface area (Å²) >= 11 is 2.30. The van der Waals surface area contributed by atoms with Gasteiger partial charge in [-0.3, -0.25) is 4.79 Å². The molecule has 19 heavy (non-hydrogen) atoms. The number of anilines is 1. The molecule has 0 aliphatic carbocycles. The van der Waals surface area contributed by atoms with Crippen LogP contribution in [-0.4, -0.2) is 21.4 Å². The van der Waals surface area contributed by atoms with Crippen LogP contribution in [0.15, 0.2) is 17.5 Å². The Kier molecular flexibility index (Phi) is 3.93. The van der Waals surface area contributed by atoms with Crippen molar-refractivity contribution < 1.29 is 14.7 Å². The summed E-state index contributed by atoms with van der Waals surface area (Å²) in [5.74, 6) is -1.57. The van der Waals surface area contributed by atoms with Gasteiger partial charge in [0.05, 0.1) is 5.69 Å². The number of carbonyl (C=O) groups excluding carboxylic acids is 1. The molecule has 0 fully saturated rings. The highest BCUT2D eigenvalue weighted by Crippen LogP contribution is 2.26. The second kappa shape index (κ2) is 5.47. The molecule has 0 spiro atoms. The molecule has 8 heteroatoms. The number of nitrogens with zero attached hydrogens (tertiary/aromatic N) is 1. The van der Waals surface area contributed by atoms with Crippen molar-refractivity contribution >= 4 is 39.7 Å². The molecule has 2 heterocycles. The lowest BCUT2D eigenvalue weighted by molar-refractivity contribution is -0.117. The Morgan fingerprint density at radius 3 is 2.84 bits per heavy atom. The summed E-state index contributed by atoms with van der Waals surface area (Å²) in [5, 5.41) is 13.6. The van der Waals surface area contributed by atoms with E-state index in [4.69, 9.17) is 10.8 Å². The van der Waals surface area contributed by atoms with Gasteiger partial charge in [-0.15, -0.1) is 11.3 Å². The monoisotopic (exact) mass is 297 g/mol. The molecular weight excluding hydrogens is 286 g/mol. The molecule has 0 aromatic carbocycles. The second-order valence-electron chi connectivity index (χ2n) is 3.76. The molecular formula is C11H11N3O3S2. The van der Waals surface area contributed by atoms with Gasteiger partial charge in [-0.1, -0.05) is 6.07 Å². The van der Waals surface area contributed by atoms with Crippen LogP contribution in [0.25, 0.3) is 0 Å². The van der Waals surface area contributed by atoms with Crippen LogP contribution in [0.4, 0.5) is 5.00 Å². The molecule has 1 atom stereocenters. The van der Waals surface area contributed by atoms with Crippen molar-refractivity contribution in [1.29, 1.82) is 0 Å². The first-order chi connectivity index (χ1) is 9.00. The Labute approximate surface area is 117 Å². The number of nitrogens with one attached hydrogen (secondary N) is 1. The van der Waals surface area contributed by atoms with Crippen molar-refractivity contribution in [2.24, 2.45) is 5.73 Å². The van der Waals surface area contributed by atoms with E-state index >= 15 is 0 Å². The first-order valence-corrected chi connectivity index (χ1v) is 6.95. The van der Waals surface area contributed by atoms with E-state index < -0.39 is 17.9 Å². The summed E-state index contributed by atoms with van der Waals surface area (Å²) in [6.45, 7) is 1.58. The molecule has 2 rings (SSSR count). The minimum atomic E-state index is -1.12. The van der Waals surface area contributed by atoms with Crippen LogP contribution in [0.3, 0.4) is 0 Å². The second-order valence-corrected chi connectivity index (χ2v) is 5.51. The van der Waals surface area contributed by atoms with Gasteiger partial charge in [0.25, 0.3) is 0 Å². The Morgan fingerprint density at radius 1 is 1.53 bits per heavy atom. The Bertz CT molecular complexity index is 607. The molecule has 1 amide bonds. The van der Waals surface area contributed by atoms with Gasteiger partial charge in [-0.25, -0.2) is 4.79 Å². The van der Waals surface area contributed by atoms with Crippen molar-refractivity contribution in [2.75, 3.05) is 5.32 Å². The number of amides is 1. The topological polar surface area (TPSA) is 105 Å². The molecule has 2 aromatic heterocycles. The van der Waals surface area contributed by atoms with Crippen LogP contribution in [0, 0.1) is 6.92 Å². The number of aromatic carboxylic acids is 1. The van der Waals surface area contributed by atoms with Gasteiger partial charge in [0, 0.05) is 4.88 Å². The van der Waals surface area contributed by atoms with E-state index in [0.717, 1.165) is 16.4 Å². The maximum atomic E-state index is 12.0. The summed E-state index contributed by atoms with van der Waals surface area (Å²) in [6.07, 6.45) is 0. The molecule has 100 valence electrons. The minimum Gasteiger partial charge on any atom is -0.478 e. The number of rotatable bonds is 4. The van der Waals surface area contributed by atoms with Crippen LogP contribution >= 0.6 is 22.9 Å². The third-order valence-electron chi connectivity index (χ3n) is 2.45. The highest BCUT2D eigenvalue weighted by atomic mass is 32.1. The third kappa shape index (κ3) is 2.80. The smallest absolute Gasteiger partial charge is 0.340 e. The number of aryl methyl sites for hydroxylation is 1. The standard InChI is InChI=1S/C11H11N3O3S2/c1-5-7(11(16)17)10(19-14-5)13-9(15)8(12)6-3-2-4-18-6/h2-4,8H,12H2,1H3,(H,13,15)(H,16,17). The van der Waals surface area contributed by atoms with E-state index in [1.807, 2.05) is 5.38 Å². The number of hydrogen-bond donors (Lipinski definition) is 3. The van der Waals surface area contributed by atoms with E-state index in [-0.39, 0.29) is 10.6 Å². The molecule has 6 nitrogen and oxygen atoms in total. The molecule has 0 saturated carbocycles. The molecule has 4 N–H and O–H groups in total. The van der Waals surface area contributed by atoms with Crippen molar-refractivity contribution in [3.8, 4) is 0 Å². The summed E-state index contributed by atoms with van der Waals surface area (Å²) in [6, 6.07) is 2.74. The summed E-state index contributed by atoms with van der Waals surface area (Å²) in [7, 11) is 0. The lowest BCUT2D eigenvalue weighted by Gasteiger charge is -2.09. The third-order valence-corrected chi connectivity index (χ3v) is 4.25. The van der Waals surface area contributed by atoms with Crippen LogP contribution in [-0.2, 0) is 4.79 Å². The van der Waals surface area contributed by atoms with Gasteiger partial charge in [0.15, 0.2) is 0 Å². The van der Waals surface area contributed by atoms with E-state index in [0.29, 0.717) is 5.69 Å². The molecule has 2 aromatic rings. The quantitative estimate of drug-likeness (QED) is 0.798. The molecule has 0 radical (unpaired) electrons. The zero-order valence-electron chi connectivity index (χ0n) is 9.91. The van der Waals surface area contributed by atoms with E-state index in [1.165, 1.54) is 11.3 Å². The highest BCUT2D eigenvalue weighted by Gasteiger charge is 2.22. The predicted octanol–water partition coefficient (Wildman–Crippen LogP) is 1.85. The van der Waals surface area contributed by atoms with Crippen molar-refractivity contribution in [3.05, 3.63) is 33.6 Å².